The molecule has 9 aromatic carbocycles. The molecule has 0 radical (unpaired) electrons. The van der Waals surface area contributed by atoms with E-state index < -0.39 is 77.3 Å². The van der Waals surface area contributed by atoms with Gasteiger partial charge in [0.15, 0.2) is 23.1 Å². The Morgan fingerprint density at radius 1 is 0.206 bits per heavy atom. The van der Waals surface area contributed by atoms with Crippen LogP contribution in [0.1, 0.15) is 101 Å². The Bertz CT molecular complexity index is 5650. The van der Waals surface area contributed by atoms with E-state index in [1.165, 1.54) is 45.0 Å². The quantitative estimate of drug-likeness (QED) is 0.0112. The predicted molar refractivity (Wildman–Crippen MR) is 509 cm³/mol. The summed E-state index contributed by atoms with van der Waals surface area (Å²) < 4.78 is 110. The van der Waals surface area contributed by atoms with Crippen LogP contribution < -0.4 is 42.6 Å². The highest BCUT2D eigenvalue weighted by Crippen LogP contribution is 2.39. The molecule has 0 saturated carbocycles. The summed E-state index contributed by atoms with van der Waals surface area (Å²) in [5.74, 6) is -4.39. The first-order valence-corrected chi connectivity index (χ1v) is 42.7. The summed E-state index contributed by atoms with van der Waals surface area (Å²) in [7, 11) is 0. The van der Waals surface area contributed by atoms with Gasteiger partial charge in [-0.15, -0.1) is 0 Å². The van der Waals surface area contributed by atoms with Crippen LogP contribution in [-0.2, 0) is 81.2 Å². The Balaban J connectivity index is 0.000000278. The molecule has 0 aliphatic heterocycles. The predicted octanol–water partition coefficient (Wildman–Crippen LogP) is 21.2. The van der Waals surface area contributed by atoms with E-state index in [2.05, 4.69) is 59.2 Å². The molecule has 0 aliphatic rings. The van der Waals surface area contributed by atoms with Crippen LogP contribution >= 0.6 is 0 Å². The maximum Gasteiger partial charge on any atom is 0.338 e. The van der Waals surface area contributed by atoms with Gasteiger partial charge in [-0.3, -0.25) is 9.59 Å². The summed E-state index contributed by atoms with van der Waals surface area (Å²) >= 11 is 0. The fourth-order valence-corrected chi connectivity index (χ4v) is 11.3. The number of esters is 11. The third-order valence-electron chi connectivity index (χ3n) is 18.5. The van der Waals surface area contributed by atoms with Crippen molar-refractivity contribution in [1.29, 1.82) is 0 Å². The van der Waals surface area contributed by atoms with Crippen LogP contribution in [0.2, 0.25) is 0 Å². The van der Waals surface area contributed by atoms with Gasteiger partial charge in [-0.05, 0) is 256 Å². The molecule has 0 fully saturated rings. The number of carbonyl (C=O) groups excluding carboxylic acids is 11. The standard InChI is InChI=1S/C36H36F2O8.C36H34O10.C36H38O8/c1-22(2)34(39)44-15-7-13-42-32-11-9-25(20-30(32)37)27-17-28(19-29(18-27)46-36(41)24(5)6)26-10-12-33(31(38)21-26)43-14-8-16-45-35(40)23(3)4;1-22(2)34(39)42-17-15-32(37)44-29-11-7-25(8-12-29)27-19-28(21-31(20-27)46-36(41)24(5)6)26-9-13-30(14-10-26)45-33(38)16-18-43-35(40)23(3)4;1-24(2)34(37)42-19-7-17-40-31-13-9-27(10-14-31)29-21-30(23-33(22-29)44-36(39)26(5)6)28-11-15-32(16-12-28)41-18-8-20-43-35(38)25(3)4/h9-12,17-21H,1,3,5,7-8,13-16H2,2,4,6H3;7-14,19-21H,1,3,5,15-18H2,2,4,6H3;9-16,21-23H,1,3,5,7-8,17-20H2,2,4,6H3. The average molecular weight is 1860 g/mol. The largest absolute Gasteiger partial charge is 0.493 e. The van der Waals surface area contributed by atoms with Crippen molar-refractivity contribution < 1.29 is 133 Å². The summed E-state index contributed by atoms with van der Waals surface area (Å²) in [6, 6.07) is 52.9. The zero-order valence-corrected chi connectivity index (χ0v) is 77.4. The molecule has 710 valence electrons. The van der Waals surface area contributed by atoms with E-state index in [0.29, 0.717) is 118 Å². The fraction of sp³-hybridized carbons (Fsp3) is 0.231. The monoisotopic (exact) mass is 1860 g/mol. The number of ether oxygens (including phenoxy) is 15. The topological polar surface area (TPSA) is 326 Å². The summed E-state index contributed by atoms with van der Waals surface area (Å²) in [5.41, 5.74) is 10.7. The number of hydrogen-bond acceptors (Lipinski definition) is 26. The lowest BCUT2D eigenvalue weighted by atomic mass is 9.98. The van der Waals surface area contributed by atoms with Crippen molar-refractivity contribution >= 4 is 65.7 Å². The van der Waals surface area contributed by atoms with E-state index in [1.807, 2.05) is 60.7 Å². The highest BCUT2D eigenvalue weighted by molar-refractivity contribution is 5.93. The minimum Gasteiger partial charge on any atom is -0.493 e. The van der Waals surface area contributed by atoms with Gasteiger partial charge in [0.05, 0.1) is 65.7 Å². The molecule has 0 aromatic heterocycles. The molecule has 0 aliphatic carbocycles. The number of carbonyl (C=O) groups is 11. The van der Waals surface area contributed by atoms with Crippen molar-refractivity contribution in [1.82, 2.24) is 0 Å². The molecule has 136 heavy (non-hydrogen) atoms. The third kappa shape index (κ3) is 36.6. The van der Waals surface area contributed by atoms with Crippen molar-refractivity contribution in [2.45, 2.75) is 101 Å². The number of rotatable bonds is 46. The van der Waals surface area contributed by atoms with Crippen molar-refractivity contribution in [3.05, 3.63) is 309 Å². The van der Waals surface area contributed by atoms with Crippen molar-refractivity contribution in [2.75, 3.05) is 66.1 Å². The first-order valence-electron chi connectivity index (χ1n) is 42.7. The Morgan fingerprint density at radius 2 is 0.412 bits per heavy atom. The third-order valence-corrected chi connectivity index (χ3v) is 18.5. The zero-order chi connectivity index (χ0) is 99.7. The van der Waals surface area contributed by atoms with Crippen molar-refractivity contribution in [2.24, 2.45) is 0 Å². The first kappa shape index (κ1) is 107. The smallest absolute Gasteiger partial charge is 0.338 e. The molecule has 0 N–H and O–H groups in total. The van der Waals surface area contributed by atoms with Crippen molar-refractivity contribution in [3.63, 3.8) is 0 Å². The lowest BCUT2D eigenvalue weighted by molar-refractivity contribution is -0.144. The zero-order valence-electron chi connectivity index (χ0n) is 77.4. The van der Waals surface area contributed by atoms with Crippen LogP contribution in [0.5, 0.6) is 51.7 Å². The van der Waals surface area contributed by atoms with Crippen LogP contribution in [0.25, 0.3) is 66.8 Å². The van der Waals surface area contributed by atoms with Crippen LogP contribution in [0.15, 0.2) is 297 Å². The van der Waals surface area contributed by atoms with Gasteiger partial charge in [0.2, 0.25) is 0 Å². The Labute approximate surface area is 788 Å². The molecule has 28 heteroatoms. The van der Waals surface area contributed by atoms with E-state index >= 15 is 8.78 Å². The molecule has 0 amide bonds. The second kappa shape index (κ2) is 54.0. The molecule has 0 heterocycles. The molecular weight excluding hydrogens is 1750 g/mol. The minimum atomic E-state index is -0.657. The maximum absolute atomic E-state index is 15.0. The van der Waals surface area contributed by atoms with E-state index in [1.54, 1.807) is 145 Å². The number of hydrogen-bond donors (Lipinski definition) is 0. The van der Waals surface area contributed by atoms with Gasteiger partial charge in [-0.25, -0.2) is 51.9 Å². The number of benzene rings is 9. The molecule has 0 unspecified atom stereocenters. The van der Waals surface area contributed by atoms with E-state index in [0.717, 1.165) is 33.4 Å². The molecule has 0 bridgehead atoms. The van der Waals surface area contributed by atoms with Gasteiger partial charge in [0, 0.05) is 75.8 Å². The highest BCUT2D eigenvalue weighted by Gasteiger charge is 2.21. The molecule has 9 aromatic rings. The SMILES string of the molecule is C=C(C)C(=O)OCCC(=O)Oc1ccc(-c2cc(OC(=O)C(=C)C)cc(-c3ccc(OC(=O)CCOC(=O)C(=C)C)cc3)c2)cc1.C=C(C)C(=O)OCCCOc1ccc(-c2cc(OC(=O)C(=C)C)cc(-c3ccc(OCCCOC(=O)C(=C)C)c(F)c3)c2)cc1F.C=C(C)C(=O)OCCCOc1ccc(-c2cc(OC(=O)C(=C)C)cc(-c3ccc(OCCCOC(=O)C(=C)C)cc3)c2)cc1. The first-order chi connectivity index (χ1) is 64.7. The Morgan fingerprint density at radius 3 is 0.640 bits per heavy atom. The van der Waals surface area contributed by atoms with Crippen LogP contribution in [0, 0.1) is 11.6 Å². The van der Waals surface area contributed by atoms with Gasteiger partial charge in [0.25, 0.3) is 0 Å². The lowest BCUT2D eigenvalue weighted by Crippen LogP contribution is -2.14. The summed E-state index contributed by atoms with van der Waals surface area (Å²) in [6.45, 7) is 47.4. The van der Waals surface area contributed by atoms with Gasteiger partial charge < -0.3 is 71.1 Å². The normalized spacial score (nSPS) is 10.3. The van der Waals surface area contributed by atoms with Gasteiger partial charge >= 0.3 is 65.7 Å². The van der Waals surface area contributed by atoms with Gasteiger partial charge in [-0.2, -0.15) is 0 Å². The van der Waals surface area contributed by atoms with Crippen LogP contribution in [0.4, 0.5) is 8.78 Å². The van der Waals surface area contributed by atoms with E-state index in [-0.39, 0.29) is 122 Å². The highest BCUT2D eigenvalue weighted by atomic mass is 19.1. The molecule has 9 rings (SSSR count). The molecule has 0 saturated heterocycles. The Hall–Kier alpha value is -16.1. The van der Waals surface area contributed by atoms with E-state index in [4.69, 9.17) is 71.1 Å². The molecular formula is C108H108F2O26. The Kier molecular flexibility index (Phi) is 42.5. The second-order valence-corrected chi connectivity index (χ2v) is 30.9. The summed E-state index contributed by atoms with van der Waals surface area (Å²) in [4.78, 5) is 130. The number of halogens is 2. The maximum atomic E-state index is 15.0. The molecule has 0 spiro atoms. The molecule has 0 atom stereocenters. The second-order valence-electron chi connectivity index (χ2n) is 30.9. The van der Waals surface area contributed by atoms with Crippen molar-refractivity contribution in [3.8, 4) is 119 Å². The minimum absolute atomic E-state index is 0.00621. The summed E-state index contributed by atoms with van der Waals surface area (Å²) in [5, 5.41) is 0. The lowest BCUT2D eigenvalue weighted by Gasteiger charge is -2.13. The van der Waals surface area contributed by atoms with Crippen LogP contribution in [0.3, 0.4) is 0 Å². The van der Waals surface area contributed by atoms with E-state index in [9.17, 15) is 52.7 Å². The molecule has 26 nitrogen and oxygen atoms in total. The van der Waals surface area contributed by atoms with Crippen LogP contribution in [-0.4, -0.2) is 132 Å². The van der Waals surface area contributed by atoms with Gasteiger partial charge in [0.1, 0.15) is 53.5 Å². The van der Waals surface area contributed by atoms with Gasteiger partial charge in [-0.1, -0.05) is 120 Å². The average Bonchev–Trinajstić information content (AvgIpc) is 0.803. The summed E-state index contributed by atoms with van der Waals surface area (Å²) in [6.07, 6.45) is 1.56. The fourth-order valence-electron chi connectivity index (χ4n) is 11.3.